The predicted molar refractivity (Wildman–Crippen MR) is 99.3 cm³/mol. The summed E-state index contributed by atoms with van der Waals surface area (Å²) in [5.74, 6) is -1.26. The molecule has 0 radical (unpaired) electrons. The van der Waals surface area contributed by atoms with Crippen LogP contribution in [0.2, 0.25) is 0 Å². The molecular weight excluding hydrogens is 332 g/mol. The number of esters is 1. The molecular formula is C20H20N2O4. The van der Waals surface area contributed by atoms with Crippen molar-refractivity contribution in [3.05, 3.63) is 71.4 Å². The maximum atomic E-state index is 12.4. The van der Waals surface area contributed by atoms with Crippen molar-refractivity contribution >= 4 is 29.5 Å². The van der Waals surface area contributed by atoms with Crippen molar-refractivity contribution in [3.8, 4) is 0 Å². The van der Waals surface area contributed by atoms with Gasteiger partial charge in [0.25, 0.3) is 5.91 Å². The molecule has 0 heterocycles. The third-order valence-corrected chi connectivity index (χ3v) is 3.32. The lowest BCUT2D eigenvalue weighted by atomic mass is 10.1. The fourth-order valence-corrected chi connectivity index (χ4v) is 2.17. The van der Waals surface area contributed by atoms with E-state index in [0.29, 0.717) is 11.3 Å². The molecule has 2 rings (SSSR count). The molecule has 0 bridgehead atoms. The minimum absolute atomic E-state index is 0.0500. The number of hydrogen-bond acceptors (Lipinski definition) is 4. The smallest absolute Gasteiger partial charge is 0.354 e. The average Bonchev–Trinajstić information content (AvgIpc) is 2.62. The monoisotopic (exact) mass is 352 g/mol. The fourth-order valence-electron chi connectivity index (χ4n) is 2.17. The van der Waals surface area contributed by atoms with Gasteiger partial charge in [0, 0.05) is 18.2 Å². The van der Waals surface area contributed by atoms with Crippen LogP contribution in [-0.4, -0.2) is 24.4 Å². The molecule has 0 aliphatic rings. The van der Waals surface area contributed by atoms with E-state index in [1.807, 2.05) is 30.3 Å². The van der Waals surface area contributed by atoms with Gasteiger partial charge in [-0.05, 0) is 42.8 Å². The van der Waals surface area contributed by atoms with Crippen LogP contribution < -0.4 is 10.6 Å². The third-order valence-electron chi connectivity index (χ3n) is 3.32. The Bertz CT molecular complexity index is 811. The van der Waals surface area contributed by atoms with Crippen molar-refractivity contribution in [1.29, 1.82) is 0 Å². The van der Waals surface area contributed by atoms with Crippen molar-refractivity contribution in [2.45, 2.75) is 13.8 Å². The van der Waals surface area contributed by atoms with E-state index >= 15 is 0 Å². The Hall–Kier alpha value is -3.41. The minimum Gasteiger partial charge on any atom is -0.461 e. The van der Waals surface area contributed by atoms with Crippen molar-refractivity contribution in [1.82, 2.24) is 5.32 Å². The molecule has 0 spiro atoms. The van der Waals surface area contributed by atoms with Gasteiger partial charge in [0.1, 0.15) is 5.70 Å². The van der Waals surface area contributed by atoms with E-state index in [0.717, 1.165) is 5.56 Å². The predicted octanol–water partition coefficient (Wildman–Crippen LogP) is 2.98. The number of nitrogens with one attached hydrogen (secondary N) is 2. The summed E-state index contributed by atoms with van der Waals surface area (Å²) >= 11 is 0. The van der Waals surface area contributed by atoms with Gasteiger partial charge in [-0.2, -0.15) is 0 Å². The molecule has 0 aliphatic heterocycles. The first kappa shape index (κ1) is 18.9. The molecule has 0 saturated carbocycles. The molecule has 2 aromatic rings. The molecule has 0 atom stereocenters. The second-order valence-corrected chi connectivity index (χ2v) is 5.40. The highest BCUT2D eigenvalue weighted by atomic mass is 16.5. The third kappa shape index (κ3) is 5.59. The highest BCUT2D eigenvalue weighted by Crippen LogP contribution is 2.11. The lowest BCUT2D eigenvalue weighted by Gasteiger charge is -2.10. The highest BCUT2D eigenvalue weighted by molar-refractivity contribution is 6.03. The summed E-state index contributed by atoms with van der Waals surface area (Å²) in [6.45, 7) is 3.30. The van der Waals surface area contributed by atoms with Crippen LogP contribution in [-0.2, 0) is 14.3 Å². The zero-order valence-corrected chi connectivity index (χ0v) is 14.6. The van der Waals surface area contributed by atoms with Gasteiger partial charge in [0.15, 0.2) is 0 Å². The Balaban J connectivity index is 2.19. The first-order valence-electron chi connectivity index (χ1n) is 8.12. The molecule has 0 unspecified atom stereocenters. The van der Waals surface area contributed by atoms with Crippen LogP contribution in [0.5, 0.6) is 0 Å². The summed E-state index contributed by atoms with van der Waals surface area (Å²) in [4.78, 5) is 35.6. The SMILES string of the molecule is CCOC(=O)C(=Cc1ccccc1)NC(=O)c1ccc(NC(C)=O)cc1. The molecule has 6 heteroatoms. The van der Waals surface area contributed by atoms with E-state index in [2.05, 4.69) is 10.6 Å². The number of hydrogen-bond donors (Lipinski definition) is 2. The fraction of sp³-hybridized carbons (Fsp3) is 0.150. The number of anilines is 1. The molecule has 2 amide bonds. The standard InChI is InChI=1S/C20H20N2O4/c1-3-26-20(25)18(13-15-7-5-4-6-8-15)22-19(24)16-9-11-17(12-10-16)21-14(2)23/h4-13H,3H2,1-2H3,(H,21,23)(H,22,24). The van der Waals surface area contributed by atoms with E-state index in [4.69, 9.17) is 4.74 Å². The number of carbonyl (C=O) groups excluding carboxylic acids is 3. The van der Waals surface area contributed by atoms with Crippen LogP contribution in [0.1, 0.15) is 29.8 Å². The van der Waals surface area contributed by atoms with Gasteiger partial charge in [0.2, 0.25) is 5.91 Å². The molecule has 0 fully saturated rings. The highest BCUT2D eigenvalue weighted by Gasteiger charge is 2.15. The maximum Gasteiger partial charge on any atom is 0.354 e. The van der Waals surface area contributed by atoms with Crippen molar-refractivity contribution in [2.75, 3.05) is 11.9 Å². The normalized spacial score (nSPS) is 10.8. The van der Waals surface area contributed by atoms with E-state index < -0.39 is 11.9 Å². The number of amides is 2. The summed E-state index contributed by atoms with van der Waals surface area (Å²) in [7, 11) is 0. The number of benzene rings is 2. The number of rotatable bonds is 6. The van der Waals surface area contributed by atoms with Crippen molar-refractivity contribution in [2.24, 2.45) is 0 Å². The Morgan fingerprint density at radius 1 is 1.00 bits per heavy atom. The van der Waals surface area contributed by atoms with Gasteiger partial charge in [-0.15, -0.1) is 0 Å². The van der Waals surface area contributed by atoms with Gasteiger partial charge in [-0.3, -0.25) is 9.59 Å². The Morgan fingerprint density at radius 3 is 2.23 bits per heavy atom. The molecule has 134 valence electrons. The second kappa shape index (κ2) is 9.17. The molecule has 0 aromatic heterocycles. The summed E-state index contributed by atoms with van der Waals surface area (Å²) in [6, 6.07) is 15.5. The Kier molecular flexibility index (Phi) is 6.68. The second-order valence-electron chi connectivity index (χ2n) is 5.40. The first-order valence-corrected chi connectivity index (χ1v) is 8.12. The molecule has 0 aliphatic carbocycles. The number of ether oxygens (including phenoxy) is 1. The van der Waals surface area contributed by atoms with Crippen molar-refractivity contribution < 1.29 is 19.1 Å². The summed E-state index contributed by atoms with van der Waals surface area (Å²) in [5.41, 5.74) is 1.74. The van der Waals surface area contributed by atoms with E-state index in [1.165, 1.54) is 6.92 Å². The lowest BCUT2D eigenvalue weighted by molar-refractivity contribution is -0.138. The van der Waals surface area contributed by atoms with Gasteiger partial charge in [-0.1, -0.05) is 30.3 Å². The average molecular weight is 352 g/mol. The van der Waals surface area contributed by atoms with E-state index in [-0.39, 0.29) is 18.2 Å². The van der Waals surface area contributed by atoms with E-state index in [9.17, 15) is 14.4 Å². The topological polar surface area (TPSA) is 84.5 Å². The maximum absolute atomic E-state index is 12.4. The van der Waals surface area contributed by atoms with Crippen LogP contribution in [0.3, 0.4) is 0 Å². The quantitative estimate of drug-likeness (QED) is 0.618. The molecule has 6 nitrogen and oxygen atoms in total. The van der Waals surface area contributed by atoms with Crippen LogP contribution in [0.25, 0.3) is 6.08 Å². The largest absolute Gasteiger partial charge is 0.461 e. The van der Waals surface area contributed by atoms with Gasteiger partial charge < -0.3 is 15.4 Å². The van der Waals surface area contributed by atoms with E-state index in [1.54, 1.807) is 37.3 Å². The van der Waals surface area contributed by atoms with Crippen LogP contribution in [0.4, 0.5) is 5.69 Å². The summed E-state index contributed by atoms with van der Waals surface area (Å²) in [6.07, 6.45) is 1.56. The first-order chi connectivity index (χ1) is 12.5. The van der Waals surface area contributed by atoms with Crippen LogP contribution >= 0.6 is 0 Å². The Labute approximate surface area is 151 Å². The number of carbonyl (C=O) groups is 3. The molecule has 0 saturated heterocycles. The molecule has 2 N–H and O–H groups in total. The van der Waals surface area contributed by atoms with Crippen molar-refractivity contribution in [3.63, 3.8) is 0 Å². The van der Waals surface area contributed by atoms with Gasteiger partial charge in [0.05, 0.1) is 6.61 Å². The zero-order chi connectivity index (χ0) is 18.9. The zero-order valence-electron chi connectivity index (χ0n) is 14.6. The van der Waals surface area contributed by atoms with Crippen LogP contribution in [0.15, 0.2) is 60.3 Å². The van der Waals surface area contributed by atoms with Gasteiger partial charge in [-0.25, -0.2) is 4.79 Å². The summed E-state index contributed by atoms with van der Waals surface area (Å²) < 4.78 is 5.01. The molecule has 26 heavy (non-hydrogen) atoms. The Morgan fingerprint density at radius 2 is 1.65 bits per heavy atom. The van der Waals surface area contributed by atoms with Gasteiger partial charge >= 0.3 is 5.97 Å². The minimum atomic E-state index is -0.612. The van der Waals surface area contributed by atoms with Crippen LogP contribution in [0, 0.1) is 0 Å². The lowest BCUT2D eigenvalue weighted by Crippen LogP contribution is -2.28. The molecule has 2 aromatic carbocycles. The summed E-state index contributed by atoms with van der Waals surface area (Å²) in [5, 5.41) is 5.21.